The number of hydrogen-bond donors (Lipinski definition) is 4. The molecule has 9 atom stereocenters. The van der Waals surface area contributed by atoms with Crippen LogP contribution in [0.5, 0.6) is 0 Å². The number of hydrogen-bond acceptors (Lipinski definition) is 7. The Labute approximate surface area is 200 Å². The highest BCUT2D eigenvalue weighted by Gasteiger charge is 2.64. The number of carbonyl (C=O) groups excluding carboxylic acids is 2. The maximum absolute atomic E-state index is 13.6. The van der Waals surface area contributed by atoms with Crippen molar-refractivity contribution in [3.63, 3.8) is 0 Å². The summed E-state index contributed by atoms with van der Waals surface area (Å²) < 4.78 is 6.16. The zero-order chi connectivity index (χ0) is 24.3. The van der Waals surface area contributed by atoms with E-state index in [0.29, 0.717) is 43.6 Å². The molecule has 6 rings (SSSR count). The molecule has 1 amide bonds. The number of nitrogens with two attached hydrogens (primary N) is 4. The predicted octanol–water partition coefficient (Wildman–Crippen LogP) is 0.0898. The smallest absolute Gasteiger partial charge is 0.323 e. The molecule has 10 nitrogen and oxygen atoms in total. The Bertz CT molecular complexity index is 912. The highest BCUT2D eigenvalue weighted by molar-refractivity contribution is 5.84. The predicted molar refractivity (Wildman–Crippen MR) is 125 cm³/mol. The van der Waals surface area contributed by atoms with E-state index in [-0.39, 0.29) is 29.4 Å². The number of nitriles is 1. The zero-order valence-electron chi connectivity index (χ0n) is 19.7. The minimum Gasteiger partial charge on any atom is -0.458 e. The number of ether oxygens (including phenoxy) is 1. The largest absolute Gasteiger partial charge is 0.458 e. The summed E-state index contributed by atoms with van der Waals surface area (Å²) in [6, 6.07) is 0.720. The minimum atomic E-state index is -0.735. The Hall–Kier alpha value is -2.38. The monoisotopic (exact) mass is 471 g/mol. The van der Waals surface area contributed by atoms with Gasteiger partial charge in [0.15, 0.2) is 5.96 Å². The number of nitrogens with zero attached hydrogens (tertiary/aromatic N) is 3. The molecule has 0 aromatic heterocycles. The lowest BCUT2D eigenvalue weighted by Crippen LogP contribution is -2.66. The van der Waals surface area contributed by atoms with Crippen LogP contribution < -0.4 is 22.9 Å². The number of aliphatic imine (C=N–C) groups is 1. The van der Waals surface area contributed by atoms with Crippen LogP contribution in [0.25, 0.3) is 0 Å². The van der Waals surface area contributed by atoms with Crippen molar-refractivity contribution in [1.29, 1.82) is 5.26 Å². The van der Waals surface area contributed by atoms with Crippen LogP contribution in [0, 0.1) is 34.5 Å². The molecule has 0 aromatic carbocycles. The van der Waals surface area contributed by atoms with Crippen molar-refractivity contribution in [2.45, 2.75) is 94.0 Å². The Morgan fingerprint density at radius 2 is 1.82 bits per heavy atom. The topological polar surface area (TPSA) is 187 Å². The molecule has 1 heterocycles. The Morgan fingerprint density at radius 1 is 1.12 bits per heavy atom. The number of guanidine groups is 1. The molecule has 34 heavy (non-hydrogen) atoms. The van der Waals surface area contributed by atoms with Gasteiger partial charge in [-0.25, -0.2) is 0 Å². The Kier molecular flexibility index (Phi) is 5.76. The summed E-state index contributed by atoms with van der Waals surface area (Å²) in [4.78, 5) is 32.2. The Balaban J connectivity index is 1.27. The molecule has 8 N–H and O–H groups in total. The lowest BCUT2D eigenvalue weighted by atomic mass is 9.46. The van der Waals surface area contributed by atoms with Crippen molar-refractivity contribution >= 4 is 17.8 Å². The van der Waals surface area contributed by atoms with Crippen molar-refractivity contribution in [3.05, 3.63) is 0 Å². The van der Waals surface area contributed by atoms with E-state index in [2.05, 4.69) is 11.1 Å². The summed E-state index contributed by atoms with van der Waals surface area (Å²) in [5.41, 5.74) is 22.6. The van der Waals surface area contributed by atoms with E-state index >= 15 is 0 Å². The van der Waals surface area contributed by atoms with Gasteiger partial charge in [0.1, 0.15) is 17.7 Å². The van der Waals surface area contributed by atoms with E-state index < -0.39 is 23.7 Å². The summed E-state index contributed by atoms with van der Waals surface area (Å²) in [5, 5.41) is 9.56. The lowest BCUT2D eigenvalue weighted by Gasteiger charge is -2.62. The summed E-state index contributed by atoms with van der Waals surface area (Å²) in [6.45, 7) is 0.417. The first kappa shape index (κ1) is 23.4. The van der Waals surface area contributed by atoms with Crippen molar-refractivity contribution in [3.8, 4) is 6.07 Å². The van der Waals surface area contributed by atoms with Crippen molar-refractivity contribution in [2.75, 3.05) is 6.54 Å². The third kappa shape index (κ3) is 4.03. The molecular weight excluding hydrogens is 434 g/mol. The maximum atomic E-state index is 13.6. The van der Waals surface area contributed by atoms with Gasteiger partial charge >= 0.3 is 5.97 Å². The first-order chi connectivity index (χ1) is 16.2. The molecule has 186 valence electrons. The van der Waals surface area contributed by atoms with Crippen LogP contribution in [0.3, 0.4) is 0 Å². The van der Waals surface area contributed by atoms with Crippen LogP contribution in [-0.2, 0) is 14.3 Å². The average Bonchev–Trinajstić information content (AvgIpc) is 3.43. The molecule has 5 aliphatic carbocycles. The lowest BCUT2D eigenvalue weighted by molar-refractivity contribution is -0.207. The molecule has 0 aromatic rings. The molecule has 5 unspecified atom stereocenters. The number of amides is 1. The summed E-state index contributed by atoms with van der Waals surface area (Å²) in [6.07, 6.45) is 7.88. The van der Waals surface area contributed by atoms with Gasteiger partial charge in [-0.3, -0.25) is 14.6 Å². The van der Waals surface area contributed by atoms with E-state index in [1.54, 1.807) is 4.90 Å². The second-order valence-electron chi connectivity index (χ2n) is 11.6. The van der Waals surface area contributed by atoms with Gasteiger partial charge in [-0.05, 0) is 87.4 Å². The van der Waals surface area contributed by atoms with Gasteiger partial charge in [-0.2, -0.15) is 5.26 Å². The van der Waals surface area contributed by atoms with E-state index in [0.717, 1.165) is 44.9 Å². The van der Waals surface area contributed by atoms with Gasteiger partial charge in [0.25, 0.3) is 0 Å². The number of rotatable bonds is 8. The number of likely N-dealkylation sites (tertiary alicyclic amines) is 1. The van der Waals surface area contributed by atoms with Gasteiger partial charge in [-0.15, -0.1) is 0 Å². The molecule has 6 aliphatic rings. The first-order valence-electron chi connectivity index (χ1n) is 12.7. The van der Waals surface area contributed by atoms with Crippen molar-refractivity contribution < 1.29 is 14.3 Å². The second-order valence-corrected chi connectivity index (χ2v) is 11.6. The third-order valence-corrected chi connectivity index (χ3v) is 9.07. The van der Waals surface area contributed by atoms with Gasteiger partial charge < -0.3 is 32.6 Å². The molecular formula is C24H37N7O3. The number of esters is 1. The fourth-order valence-electron chi connectivity index (χ4n) is 7.97. The van der Waals surface area contributed by atoms with Crippen molar-refractivity contribution in [2.24, 2.45) is 51.1 Å². The quantitative estimate of drug-likeness (QED) is 0.166. The fraction of sp³-hybridized carbons (Fsp3) is 0.833. The number of carbonyl (C=O) groups is 2. The Morgan fingerprint density at radius 3 is 2.47 bits per heavy atom. The van der Waals surface area contributed by atoms with Crippen molar-refractivity contribution in [1.82, 2.24) is 4.90 Å². The van der Waals surface area contributed by atoms with Crippen LogP contribution in [0.2, 0.25) is 0 Å². The van der Waals surface area contributed by atoms with Gasteiger partial charge in [0, 0.05) is 12.6 Å². The maximum Gasteiger partial charge on any atom is 0.323 e. The van der Waals surface area contributed by atoms with Crippen LogP contribution >= 0.6 is 0 Å². The van der Waals surface area contributed by atoms with Crippen LogP contribution in [0.4, 0.5) is 0 Å². The summed E-state index contributed by atoms with van der Waals surface area (Å²) in [5.74, 6) is 0.782. The molecule has 1 saturated heterocycles. The van der Waals surface area contributed by atoms with Crippen LogP contribution in [-0.4, -0.2) is 59.0 Å². The number of piperidine rings is 1. The minimum absolute atomic E-state index is 0.0214. The number of fused-ring (bicyclic) bond motifs is 1. The van der Waals surface area contributed by atoms with Gasteiger partial charge in [-0.1, -0.05) is 0 Å². The van der Waals surface area contributed by atoms with E-state index in [4.69, 9.17) is 27.7 Å². The third-order valence-electron chi connectivity index (χ3n) is 9.07. The highest BCUT2D eigenvalue weighted by atomic mass is 16.6. The zero-order valence-corrected chi connectivity index (χ0v) is 19.7. The molecule has 4 bridgehead atoms. The first-order valence-corrected chi connectivity index (χ1v) is 12.7. The van der Waals surface area contributed by atoms with Gasteiger partial charge in [0.05, 0.1) is 12.1 Å². The second kappa shape index (κ2) is 8.38. The van der Waals surface area contributed by atoms with Crippen LogP contribution in [0.1, 0.15) is 64.2 Å². The fourth-order valence-corrected chi connectivity index (χ4v) is 7.97. The molecule has 5 saturated carbocycles. The molecule has 0 radical (unpaired) electrons. The van der Waals surface area contributed by atoms with Crippen LogP contribution in [0.15, 0.2) is 4.99 Å². The van der Waals surface area contributed by atoms with E-state index in [1.807, 2.05) is 0 Å². The molecule has 0 spiro atoms. The standard InChI is InChI=1S/C24H37N7O3/c25-11-16-5-15-6-18(15)31(16)20(32)19(27)23-7-13-4-14(8-23)10-24(9-13,12-23)34-21(33)17(26)2-1-3-30-22(28)29/h13-19H,1-10,12,26-27H2,(H4,28,29,30)/t13-,14?,15?,16-,17-,18?,19+,23?,24?/m0/s1. The van der Waals surface area contributed by atoms with E-state index in [9.17, 15) is 14.9 Å². The van der Waals surface area contributed by atoms with Gasteiger partial charge in [0.2, 0.25) is 5.91 Å². The molecule has 6 fully saturated rings. The highest BCUT2D eigenvalue weighted by Crippen LogP contribution is 2.64. The molecule has 10 heteroatoms. The molecule has 1 aliphatic heterocycles. The summed E-state index contributed by atoms with van der Waals surface area (Å²) in [7, 11) is 0. The average molecular weight is 472 g/mol. The summed E-state index contributed by atoms with van der Waals surface area (Å²) >= 11 is 0. The normalized spacial score (nSPS) is 40.7. The SMILES string of the molecule is N#C[C@@H]1CC2CC2N1C(=O)[C@@H](N)C12CC3C[C@H](CC(OC(=O)[C@@H](N)CCCN=C(N)N)(C3)C1)C2. The van der Waals surface area contributed by atoms with E-state index in [1.165, 1.54) is 0 Å².